The summed E-state index contributed by atoms with van der Waals surface area (Å²) in [5, 5.41) is 18.1. The Balaban J connectivity index is 1.14. The Morgan fingerprint density at radius 2 is 1.89 bits per heavy atom. The molecule has 1 unspecified atom stereocenters. The van der Waals surface area contributed by atoms with Crippen LogP contribution in [0.2, 0.25) is 0 Å². The van der Waals surface area contributed by atoms with E-state index in [-0.39, 0.29) is 17.5 Å². The van der Waals surface area contributed by atoms with Crippen LogP contribution < -0.4 is 10.6 Å². The van der Waals surface area contributed by atoms with Gasteiger partial charge in [-0.15, -0.1) is 5.10 Å². The quantitative estimate of drug-likeness (QED) is 0.506. The van der Waals surface area contributed by atoms with Gasteiger partial charge in [-0.3, -0.25) is 0 Å². The standard InChI is InChI=1S/C28H37N7O/c1-34-26(31-32-33-34)23-12-7-13-24(21-23)29-27(36)30-25-14-5-6-15-28(25)16-19-35(20-17-28)18-8-11-22-9-3-2-4-10-22/h2-4,7,9-10,12-13,21,25H,5-6,8,11,14-20H2,1H3,(H2,29,30,36). The normalized spacial score (nSPS) is 19.8. The summed E-state index contributed by atoms with van der Waals surface area (Å²) in [7, 11) is 1.80. The number of piperidine rings is 1. The van der Waals surface area contributed by atoms with Crippen molar-refractivity contribution in [2.24, 2.45) is 12.5 Å². The first-order valence-corrected chi connectivity index (χ1v) is 13.3. The van der Waals surface area contributed by atoms with Crippen LogP contribution in [0.25, 0.3) is 11.4 Å². The molecule has 1 saturated carbocycles. The lowest BCUT2D eigenvalue weighted by atomic mass is 9.64. The molecule has 8 nitrogen and oxygen atoms in total. The molecule has 5 rings (SSSR count). The highest BCUT2D eigenvalue weighted by atomic mass is 16.2. The Morgan fingerprint density at radius 1 is 1.06 bits per heavy atom. The number of nitrogens with one attached hydrogen (secondary N) is 2. The van der Waals surface area contributed by atoms with E-state index in [1.165, 1.54) is 31.2 Å². The summed E-state index contributed by atoms with van der Waals surface area (Å²) >= 11 is 0. The number of hydrogen-bond donors (Lipinski definition) is 2. The van der Waals surface area contributed by atoms with E-state index in [1.807, 2.05) is 24.3 Å². The van der Waals surface area contributed by atoms with Gasteiger partial charge in [0.1, 0.15) is 0 Å². The van der Waals surface area contributed by atoms with E-state index in [9.17, 15) is 4.79 Å². The molecule has 1 saturated heterocycles. The third kappa shape index (κ3) is 5.75. The predicted octanol–water partition coefficient (Wildman–Crippen LogP) is 4.66. The molecule has 0 radical (unpaired) electrons. The minimum absolute atomic E-state index is 0.125. The molecular weight excluding hydrogens is 450 g/mol. The maximum Gasteiger partial charge on any atom is 0.319 e. The van der Waals surface area contributed by atoms with Crippen molar-refractivity contribution in [2.45, 2.75) is 57.4 Å². The van der Waals surface area contributed by atoms with E-state index in [0.717, 1.165) is 56.6 Å². The highest BCUT2D eigenvalue weighted by Crippen LogP contribution is 2.45. The second kappa shape index (κ2) is 11.2. The van der Waals surface area contributed by atoms with Crippen LogP contribution in [-0.2, 0) is 13.5 Å². The summed E-state index contributed by atoms with van der Waals surface area (Å²) in [4.78, 5) is 15.7. The van der Waals surface area contributed by atoms with Crippen molar-refractivity contribution in [1.29, 1.82) is 0 Å². The second-order valence-corrected chi connectivity index (χ2v) is 10.4. The number of amides is 2. The fourth-order valence-electron chi connectivity index (χ4n) is 6.04. The van der Waals surface area contributed by atoms with Gasteiger partial charge in [0.25, 0.3) is 0 Å². The van der Waals surface area contributed by atoms with E-state index in [2.05, 4.69) is 61.4 Å². The second-order valence-electron chi connectivity index (χ2n) is 10.4. The smallest absolute Gasteiger partial charge is 0.319 e. The number of aryl methyl sites for hydroxylation is 2. The van der Waals surface area contributed by atoms with Crippen LogP contribution in [-0.4, -0.2) is 56.8 Å². The van der Waals surface area contributed by atoms with Crippen LogP contribution in [0.4, 0.5) is 10.5 Å². The number of aromatic nitrogens is 4. The predicted molar refractivity (Wildman–Crippen MR) is 142 cm³/mol. The van der Waals surface area contributed by atoms with Crippen molar-refractivity contribution in [2.75, 3.05) is 25.0 Å². The molecule has 2 N–H and O–H groups in total. The molecule has 1 aliphatic heterocycles. The van der Waals surface area contributed by atoms with Crippen LogP contribution in [0.1, 0.15) is 50.5 Å². The van der Waals surface area contributed by atoms with Crippen molar-refractivity contribution in [3.63, 3.8) is 0 Å². The number of tetrazole rings is 1. The summed E-state index contributed by atoms with van der Waals surface area (Å²) in [5.41, 5.74) is 3.25. The largest absolute Gasteiger partial charge is 0.335 e. The molecule has 1 atom stereocenters. The molecule has 2 heterocycles. The third-order valence-corrected chi connectivity index (χ3v) is 8.10. The highest BCUT2D eigenvalue weighted by molar-refractivity contribution is 5.90. The topological polar surface area (TPSA) is 88.0 Å². The molecule has 2 fully saturated rings. The molecule has 8 heteroatoms. The summed E-state index contributed by atoms with van der Waals surface area (Å²) in [5.74, 6) is 0.667. The molecular formula is C28H37N7O. The number of carbonyl (C=O) groups is 1. The zero-order valence-corrected chi connectivity index (χ0v) is 21.2. The Morgan fingerprint density at radius 3 is 2.67 bits per heavy atom. The summed E-state index contributed by atoms with van der Waals surface area (Å²) in [6, 6.07) is 18.5. The van der Waals surface area contributed by atoms with Gasteiger partial charge in [-0.05, 0) is 91.7 Å². The van der Waals surface area contributed by atoms with Crippen molar-refractivity contribution >= 4 is 11.7 Å². The first-order chi connectivity index (χ1) is 17.6. The van der Waals surface area contributed by atoms with E-state index in [4.69, 9.17) is 0 Å². The fraction of sp³-hybridized carbons (Fsp3) is 0.500. The molecule has 1 spiro atoms. The van der Waals surface area contributed by atoms with Crippen molar-refractivity contribution in [3.05, 3.63) is 60.2 Å². The highest BCUT2D eigenvalue weighted by Gasteiger charge is 2.43. The minimum Gasteiger partial charge on any atom is -0.335 e. The van der Waals surface area contributed by atoms with Crippen LogP contribution in [0.15, 0.2) is 54.6 Å². The lowest BCUT2D eigenvalue weighted by Crippen LogP contribution is -2.55. The maximum absolute atomic E-state index is 13.0. The van der Waals surface area contributed by atoms with Gasteiger partial charge in [0.05, 0.1) is 0 Å². The zero-order valence-electron chi connectivity index (χ0n) is 21.2. The molecule has 2 aliphatic rings. The number of nitrogens with zero attached hydrogens (tertiary/aromatic N) is 5. The number of carbonyl (C=O) groups excluding carboxylic acids is 1. The summed E-state index contributed by atoms with van der Waals surface area (Å²) < 4.78 is 1.62. The van der Waals surface area contributed by atoms with E-state index in [1.54, 1.807) is 11.7 Å². The number of hydrogen-bond acceptors (Lipinski definition) is 5. The monoisotopic (exact) mass is 487 g/mol. The lowest BCUT2D eigenvalue weighted by molar-refractivity contribution is 0.0392. The molecule has 1 aliphatic carbocycles. The average Bonchev–Trinajstić information content (AvgIpc) is 3.33. The first-order valence-electron chi connectivity index (χ1n) is 13.3. The Kier molecular flexibility index (Phi) is 7.60. The molecule has 190 valence electrons. The number of benzene rings is 2. The Hall–Kier alpha value is -3.26. The fourth-order valence-corrected chi connectivity index (χ4v) is 6.04. The lowest BCUT2D eigenvalue weighted by Gasteiger charge is -2.49. The minimum atomic E-state index is -0.125. The number of rotatable bonds is 7. The Labute approximate surface area is 213 Å². The molecule has 0 bridgehead atoms. The number of likely N-dealkylation sites (tertiary alicyclic amines) is 1. The number of urea groups is 1. The first kappa shape index (κ1) is 24.4. The summed E-state index contributed by atoms with van der Waals surface area (Å²) in [6.07, 6.45) is 9.39. The molecule has 1 aromatic heterocycles. The van der Waals surface area contributed by atoms with Crippen molar-refractivity contribution in [3.8, 4) is 11.4 Å². The Bertz CT molecular complexity index is 1140. The third-order valence-electron chi connectivity index (χ3n) is 8.10. The maximum atomic E-state index is 13.0. The molecule has 2 aromatic carbocycles. The van der Waals surface area contributed by atoms with E-state index >= 15 is 0 Å². The summed E-state index contributed by atoms with van der Waals surface area (Å²) in [6.45, 7) is 3.41. The van der Waals surface area contributed by atoms with Crippen LogP contribution in [0.5, 0.6) is 0 Å². The van der Waals surface area contributed by atoms with Crippen LogP contribution in [0.3, 0.4) is 0 Å². The zero-order chi connectivity index (χ0) is 24.8. The SMILES string of the molecule is Cn1nnnc1-c1cccc(NC(=O)NC2CCCCC23CCN(CCCc2ccccc2)CC3)c1. The van der Waals surface area contributed by atoms with Gasteiger partial charge in [0.2, 0.25) is 0 Å². The van der Waals surface area contributed by atoms with Gasteiger partial charge < -0.3 is 15.5 Å². The van der Waals surface area contributed by atoms with Gasteiger partial charge in [-0.1, -0.05) is 55.3 Å². The molecule has 2 amide bonds. The van der Waals surface area contributed by atoms with Gasteiger partial charge in [-0.25, -0.2) is 9.48 Å². The van der Waals surface area contributed by atoms with Gasteiger partial charge in [-0.2, -0.15) is 0 Å². The van der Waals surface area contributed by atoms with E-state index in [0.29, 0.717) is 5.82 Å². The van der Waals surface area contributed by atoms with Crippen molar-refractivity contribution < 1.29 is 4.79 Å². The van der Waals surface area contributed by atoms with Gasteiger partial charge in [0, 0.05) is 24.3 Å². The molecule has 36 heavy (non-hydrogen) atoms. The van der Waals surface area contributed by atoms with Gasteiger partial charge in [0.15, 0.2) is 5.82 Å². The average molecular weight is 488 g/mol. The van der Waals surface area contributed by atoms with Crippen LogP contribution >= 0.6 is 0 Å². The van der Waals surface area contributed by atoms with E-state index < -0.39 is 0 Å². The number of anilines is 1. The molecule has 3 aromatic rings. The van der Waals surface area contributed by atoms with Crippen molar-refractivity contribution in [1.82, 2.24) is 30.4 Å². The van der Waals surface area contributed by atoms with Gasteiger partial charge >= 0.3 is 6.03 Å². The van der Waals surface area contributed by atoms with Crippen LogP contribution in [0, 0.1) is 5.41 Å².